The molecular formula is C13H12F3NO3. The fourth-order valence-electron chi connectivity index (χ4n) is 2.44. The van der Waals surface area contributed by atoms with Gasteiger partial charge in [0.25, 0.3) is 0 Å². The van der Waals surface area contributed by atoms with Crippen molar-refractivity contribution in [2.24, 2.45) is 17.3 Å². The van der Waals surface area contributed by atoms with E-state index in [1.165, 1.54) is 0 Å². The van der Waals surface area contributed by atoms with E-state index in [1.807, 2.05) is 0 Å². The molecule has 0 bridgehead atoms. The van der Waals surface area contributed by atoms with Crippen LogP contribution in [0.1, 0.15) is 13.8 Å². The molecule has 1 aromatic carbocycles. The number of carboxylic acids is 1. The zero-order valence-electron chi connectivity index (χ0n) is 10.7. The SMILES string of the molecule is CC1(C)[C@H](C(=O)O)[C@@H]1C(=O)Nc1cc(F)c(F)c(F)c1. The average molecular weight is 287 g/mol. The van der Waals surface area contributed by atoms with E-state index in [9.17, 15) is 22.8 Å². The van der Waals surface area contributed by atoms with Gasteiger partial charge in [0.2, 0.25) is 5.91 Å². The molecule has 0 heterocycles. The minimum absolute atomic E-state index is 0.252. The molecule has 2 N–H and O–H groups in total. The van der Waals surface area contributed by atoms with E-state index >= 15 is 0 Å². The van der Waals surface area contributed by atoms with E-state index in [2.05, 4.69) is 5.32 Å². The number of nitrogens with one attached hydrogen (secondary N) is 1. The minimum atomic E-state index is -1.63. The summed E-state index contributed by atoms with van der Waals surface area (Å²) < 4.78 is 38.8. The van der Waals surface area contributed by atoms with Crippen molar-refractivity contribution in [2.75, 3.05) is 5.32 Å². The first-order valence-electron chi connectivity index (χ1n) is 5.84. The Hall–Kier alpha value is -2.05. The maximum absolute atomic E-state index is 13.0. The van der Waals surface area contributed by atoms with Gasteiger partial charge >= 0.3 is 5.97 Å². The third kappa shape index (κ3) is 2.23. The van der Waals surface area contributed by atoms with Crippen LogP contribution in [0.5, 0.6) is 0 Å². The lowest BCUT2D eigenvalue weighted by Gasteiger charge is -2.07. The number of benzene rings is 1. The van der Waals surface area contributed by atoms with Gasteiger partial charge in [-0.3, -0.25) is 9.59 Å². The lowest BCUT2D eigenvalue weighted by atomic mass is 10.1. The summed E-state index contributed by atoms with van der Waals surface area (Å²) in [6, 6.07) is 1.28. The van der Waals surface area contributed by atoms with Crippen LogP contribution >= 0.6 is 0 Å². The molecule has 4 nitrogen and oxygen atoms in total. The molecule has 108 valence electrons. The van der Waals surface area contributed by atoms with Crippen molar-refractivity contribution in [3.8, 4) is 0 Å². The van der Waals surface area contributed by atoms with Gasteiger partial charge in [0.1, 0.15) is 0 Å². The molecule has 0 spiro atoms. The summed E-state index contributed by atoms with van der Waals surface area (Å²) in [4.78, 5) is 22.8. The zero-order valence-corrected chi connectivity index (χ0v) is 10.7. The van der Waals surface area contributed by atoms with Crippen LogP contribution in [0, 0.1) is 34.7 Å². The molecule has 1 aromatic rings. The van der Waals surface area contributed by atoms with Crippen molar-refractivity contribution >= 4 is 17.6 Å². The fourth-order valence-corrected chi connectivity index (χ4v) is 2.44. The first kappa shape index (κ1) is 14.4. The Morgan fingerprint density at radius 1 is 1.15 bits per heavy atom. The molecule has 0 aliphatic heterocycles. The summed E-state index contributed by atoms with van der Waals surface area (Å²) in [6.07, 6.45) is 0. The van der Waals surface area contributed by atoms with E-state index in [4.69, 9.17) is 5.11 Å². The highest BCUT2D eigenvalue weighted by atomic mass is 19.2. The number of halogens is 3. The summed E-state index contributed by atoms with van der Waals surface area (Å²) in [5, 5.41) is 11.2. The van der Waals surface area contributed by atoms with Crippen LogP contribution in [0.25, 0.3) is 0 Å². The molecule has 1 amide bonds. The molecule has 1 aliphatic rings. The average Bonchev–Trinajstić information content (AvgIpc) is 2.89. The van der Waals surface area contributed by atoms with Gasteiger partial charge in [-0.2, -0.15) is 0 Å². The minimum Gasteiger partial charge on any atom is -0.481 e. The lowest BCUT2D eigenvalue weighted by Crippen LogP contribution is -2.18. The molecule has 0 radical (unpaired) electrons. The normalized spacial score (nSPS) is 23.2. The van der Waals surface area contributed by atoms with Gasteiger partial charge < -0.3 is 10.4 Å². The van der Waals surface area contributed by atoms with E-state index in [0.717, 1.165) is 0 Å². The second kappa shape index (κ2) is 4.50. The van der Waals surface area contributed by atoms with Crippen molar-refractivity contribution in [2.45, 2.75) is 13.8 Å². The van der Waals surface area contributed by atoms with Crippen LogP contribution in [0.15, 0.2) is 12.1 Å². The number of hydrogen-bond donors (Lipinski definition) is 2. The maximum atomic E-state index is 13.0. The van der Waals surface area contributed by atoms with Gasteiger partial charge in [-0.25, -0.2) is 13.2 Å². The number of carboxylic acid groups (broad SMARTS) is 1. The summed E-state index contributed by atoms with van der Waals surface area (Å²) >= 11 is 0. The monoisotopic (exact) mass is 287 g/mol. The Morgan fingerprint density at radius 3 is 2.05 bits per heavy atom. The molecule has 0 aromatic heterocycles. The van der Waals surface area contributed by atoms with Crippen LogP contribution in [0.4, 0.5) is 18.9 Å². The Kier molecular flexibility index (Phi) is 3.23. The maximum Gasteiger partial charge on any atom is 0.307 e. The van der Waals surface area contributed by atoms with Crippen molar-refractivity contribution in [3.05, 3.63) is 29.6 Å². The number of carbonyl (C=O) groups is 2. The lowest BCUT2D eigenvalue weighted by molar-refractivity contribution is -0.140. The number of aliphatic carboxylic acids is 1. The van der Waals surface area contributed by atoms with Crippen LogP contribution in [-0.2, 0) is 9.59 Å². The number of anilines is 1. The summed E-state index contributed by atoms with van der Waals surface area (Å²) in [7, 11) is 0. The van der Waals surface area contributed by atoms with E-state index in [1.54, 1.807) is 13.8 Å². The predicted molar refractivity (Wildman–Crippen MR) is 63.3 cm³/mol. The Bertz CT molecular complexity index is 578. The van der Waals surface area contributed by atoms with E-state index < -0.39 is 46.6 Å². The van der Waals surface area contributed by atoms with Crippen molar-refractivity contribution in [1.29, 1.82) is 0 Å². The van der Waals surface area contributed by atoms with Gasteiger partial charge in [0.05, 0.1) is 11.8 Å². The first-order valence-corrected chi connectivity index (χ1v) is 5.84. The Morgan fingerprint density at radius 2 is 1.65 bits per heavy atom. The Labute approximate surface area is 112 Å². The number of hydrogen-bond acceptors (Lipinski definition) is 2. The Balaban J connectivity index is 2.16. The number of rotatable bonds is 3. The zero-order chi connectivity index (χ0) is 15.2. The van der Waals surface area contributed by atoms with Crippen LogP contribution < -0.4 is 5.32 Å². The molecule has 7 heteroatoms. The van der Waals surface area contributed by atoms with Crippen molar-refractivity contribution in [1.82, 2.24) is 0 Å². The van der Waals surface area contributed by atoms with Crippen molar-refractivity contribution in [3.63, 3.8) is 0 Å². The first-order chi connectivity index (χ1) is 9.16. The smallest absolute Gasteiger partial charge is 0.307 e. The molecule has 2 atom stereocenters. The predicted octanol–water partition coefficient (Wildman–Crippen LogP) is 2.40. The molecule has 1 aliphatic carbocycles. The molecule has 20 heavy (non-hydrogen) atoms. The molecule has 0 saturated heterocycles. The highest BCUT2D eigenvalue weighted by molar-refractivity contribution is 5.99. The third-order valence-corrected chi connectivity index (χ3v) is 3.63. The fraction of sp³-hybridized carbons (Fsp3) is 0.385. The number of carbonyl (C=O) groups excluding carboxylic acids is 1. The van der Waals surface area contributed by atoms with Gasteiger partial charge in [-0.05, 0) is 5.41 Å². The highest BCUT2D eigenvalue weighted by Crippen LogP contribution is 2.58. The molecule has 0 unspecified atom stereocenters. The molecule has 1 saturated carbocycles. The van der Waals surface area contributed by atoms with E-state index in [0.29, 0.717) is 12.1 Å². The topological polar surface area (TPSA) is 66.4 Å². The summed E-state index contributed by atoms with van der Waals surface area (Å²) in [5.41, 5.74) is -0.981. The van der Waals surface area contributed by atoms with Crippen LogP contribution in [-0.4, -0.2) is 17.0 Å². The molecule has 1 fully saturated rings. The second-order valence-corrected chi connectivity index (χ2v) is 5.36. The summed E-state index contributed by atoms with van der Waals surface area (Å²) in [6.45, 7) is 3.23. The van der Waals surface area contributed by atoms with Crippen LogP contribution in [0.2, 0.25) is 0 Å². The second-order valence-electron chi connectivity index (χ2n) is 5.36. The molecular weight excluding hydrogens is 275 g/mol. The highest BCUT2D eigenvalue weighted by Gasteiger charge is 2.65. The third-order valence-electron chi connectivity index (χ3n) is 3.63. The largest absolute Gasteiger partial charge is 0.481 e. The van der Waals surface area contributed by atoms with Gasteiger partial charge in [0, 0.05) is 17.8 Å². The molecule has 2 rings (SSSR count). The van der Waals surface area contributed by atoms with Gasteiger partial charge in [-0.15, -0.1) is 0 Å². The number of amides is 1. The summed E-state index contributed by atoms with van der Waals surface area (Å²) in [5.74, 6) is -7.89. The van der Waals surface area contributed by atoms with Crippen LogP contribution in [0.3, 0.4) is 0 Å². The quantitative estimate of drug-likeness (QED) is 0.839. The van der Waals surface area contributed by atoms with Gasteiger partial charge in [-0.1, -0.05) is 13.8 Å². The standard InChI is InChI=1S/C13H12F3NO3/c1-13(2)8(9(13)12(19)20)11(18)17-5-3-6(14)10(16)7(15)4-5/h3-4,8-9H,1-2H3,(H,17,18)(H,19,20)/t8-,9+/m1/s1. The van der Waals surface area contributed by atoms with Gasteiger partial charge in [0.15, 0.2) is 17.5 Å². The van der Waals surface area contributed by atoms with Crippen molar-refractivity contribution < 1.29 is 27.9 Å². The van der Waals surface area contributed by atoms with E-state index in [-0.39, 0.29) is 5.69 Å².